The van der Waals surface area contributed by atoms with Crippen LogP contribution in [0.2, 0.25) is 10.3 Å². The lowest BCUT2D eigenvalue weighted by Gasteiger charge is -2.06. The summed E-state index contributed by atoms with van der Waals surface area (Å²) in [7, 11) is 0. The summed E-state index contributed by atoms with van der Waals surface area (Å²) in [5, 5.41) is 18.5. The summed E-state index contributed by atoms with van der Waals surface area (Å²) >= 11 is 11.8. The fourth-order valence-corrected chi connectivity index (χ4v) is 4.36. The normalized spacial score (nSPS) is 13.9. The molecule has 0 unspecified atom stereocenters. The molecule has 2 heterocycles. The number of fused-ring (bicyclic) bond motifs is 2. The van der Waals surface area contributed by atoms with Crippen LogP contribution >= 0.6 is 23.2 Å². The van der Waals surface area contributed by atoms with Crippen molar-refractivity contribution in [1.29, 1.82) is 10.5 Å². The van der Waals surface area contributed by atoms with Gasteiger partial charge in [-0.25, -0.2) is 9.97 Å². The van der Waals surface area contributed by atoms with Crippen molar-refractivity contribution in [3.63, 3.8) is 0 Å². The highest BCUT2D eigenvalue weighted by Crippen LogP contribution is 2.30. The van der Waals surface area contributed by atoms with Gasteiger partial charge in [-0.05, 0) is 74.6 Å². The maximum atomic E-state index is 8.90. The van der Waals surface area contributed by atoms with Gasteiger partial charge >= 0.3 is 0 Å². The molecule has 0 fully saturated rings. The molecular weight excluding hydrogens is 367 g/mol. The van der Waals surface area contributed by atoms with Crippen molar-refractivity contribution >= 4 is 23.2 Å². The molecule has 0 atom stereocenters. The van der Waals surface area contributed by atoms with Crippen molar-refractivity contribution in [1.82, 2.24) is 9.97 Å². The molecule has 4 nitrogen and oxygen atoms in total. The average Bonchev–Trinajstić information content (AvgIpc) is 3.25. The zero-order valence-electron chi connectivity index (χ0n) is 14.8. The average molecular weight is 385 g/mol. The lowest BCUT2D eigenvalue weighted by atomic mass is 10.0. The second-order valence-corrected chi connectivity index (χ2v) is 7.29. The second kappa shape index (κ2) is 7.62. The van der Waals surface area contributed by atoms with Crippen molar-refractivity contribution < 1.29 is 0 Å². The van der Waals surface area contributed by atoms with Crippen LogP contribution in [0.1, 0.15) is 57.6 Å². The minimum absolute atomic E-state index is 0.362. The highest BCUT2D eigenvalue weighted by Gasteiger charge is 2.21. The van der Waals surface area contributed by atoms with Crippen LogP contribution in [-0.2, 0) is 25.7 Å². The molecule has 2 aliphatic rings. The van der Waals surface area contributed by atoms with Crippen LogP contribution in [-0.4, -0.2) is 9.97 Å². The number of hydrogen-bond acceptors (Lipinski definition) is 4. The van der Waals surface area contributed by atoms with E-state index < -0.39 is 0 Å². The van der Waals surface area contributed by atoms with E-state index in [1.54, 1.807) is 0 Å². The summed E-state index contributed by atoms with van der Waals surface area (Å²) in [6.07, 6.45) is 6.31. The SMILES string of the molecule is Cc1c(C#N)c(Cl)nc2c1CCC2.Cc1nc(Cl)c(C#N)c2c1CCC2. The molecule has 2 aromatic heterocycles. The van der Waals surface area contributed by atoms with Crippen molar-refractivity contribution in [2.75, 3.05) is 0 Å². The summed E-state index contributed by atoms with van der Waals surface area (Å²) in [5.41, 5.74) is 7.82. The van der Waals surface area contributed by atoms with Crippen LogP contribution in [0.4, 0.5) is 0 Å². The summed E-state index contributed by atoms with van der Waals surface area (Å²) in [6, 6.07) is 4.23. The van der Waals surface area contributed by atoms with Gasteiger partial charge in [0.05, 0.1) is 11.1 Å². The Morgan fingerprint density at radius 1 is 0.769 bits per heavy atom. The molecule has 0 saturated carbocycles. The number of nitriles is 2. The smallest absolute Gasteiger partial charge is 0.147 e. The summed E-state index contributed by atoms with van der Waals surface area (Å²) < 4.78 is 0. The van der Waals surface area contributed by atoms with E-state index in [2.05, 4.69) is 22.1 Å². The Balaban J connectivity index is 0.000000151. The van der Waals surface area contributed by atoms with E-state index in [9.17, 15) is 0 Å². The molecule has 0 N–H and O–H groups in total. The van der Waals surface area contributed by atoms with E-state index in [0.717, 1.165) is 61.0 Å². The first-order valence-electron chi connectivity index (χ1n) is 8.63. The Labute approximate surface area is 163 Å². The van der Waals surface area contributed by atoms with Gasteiger partial charge in [0, 0.05) is 11.4 Å². The predicted octanol–water partition coefficient (Wildman–Crippen LogP) is 4.81. The standard InChI is InChI=1S/2C10H9ClN2/c1-6-7-3-2-4-9(7)13-10(11)8(6)5-12;1-6-7-3-2-4-8(7)9(5-12)10(11)13-6/h2*2-4H2,1H3. The maximum absolute atomic E-state index is 8.90. The molecule has 2 aromatic rings. The minimum atomic E-state index is 0.362. The van der Waals surface area contributed by atoms with Crippen LogP contribution in [0.3, 0.4) is 0 Å². The molecule has 2 aliphatic carbocycles. The fourth-order valence-electron chi connectivity index (χ4n) is 3.79. The Morgan fingerprint density at radius 2 is 1.35 bits per heavy atom. The molecule has 0 saturated heterocycles. The van der Waals surface area contributed by atoms with Crippen LogP contribution in [0.15, 0.2) is 0 Å². The van der Waals surface area contributed by atoms with E-state index in [4.69, 9.17) is 33.7 Å². The summed E-state index contributed by atoms with van der Waals surface area (Å²) in [6.45, 7) is 3.91. The largest absolute Gasteiger partial charge is 0.240 e. The topological polar surface area (TPSA) is 73.4 Å². The second-order valence-electron chi connectivity index (χ2n) is 6.58. The first-order valence-corrected chi connectivity index (χ1v) is 9.39. The predicted molar refractivity (Wildman–Crippen MR) is 101 cm³/mol. The van der Waals surface area contributed by atoms with Crippen molar-refractivity contribution in [3.05, 3.63) is 55.1 Å². The minimum Gasteiger partial charge on any atom is -0.240 e. The van der Waals surface area contributed by atoms with Gasteiger partial charge in [0.2, 0.25) is 0 Å². The third kappa shape index (κ3) is 3.28. The number of pyridine rings is 2. The lowest BCUT2D eigenvalue weighted by Crippen LogP contribution is -1.97. The molecule has 6 heteroatoms. The zero-order valence-corrected chi connectivity index (χ0v) is 16.3. The fraction of sp³-hybridized carbons (Fsp3) is 0.400. The van der Waals surface area contributed by atoms with Crippen LogP contribution in [0.5, 0.6) is 0 Å². The molecule has 4 rings (SSSR count). The molecule has 0 amide bonds. The summed E-state index contributed by atoms with van der Waals surface area (Å²) in [5.74, 6) is 0. The van der Waals surface area contributed by atoms with Crippen molar-refractivity contribution in [2.24, 2.45) is 0 Å². The summed E-state index contributed by atoms with van der Waals surface area (Å²) in [4.78, 5) is 8.39. The highest BCUT2D eigenvalue weighted by atomic mass is 35.5. The van der Waals surface area contributed by atoms with Crippen LogP contribution in [0, 0.1) is 36.5 Å². The number of aryl methyl sites for hydroxylation is 2. The van der Waals surface area contributed by atoms with Gasteiger partial charge in [-0.2, -0.15) is 10.5 Å². The Hall–Kier alpha value is -2.14. The molecular formula is C20H18Cl2N4. The number of hydrogen-bond donors (Lipinski definition) is 0. The first kappa shape index (κ1) is 18.6. The number of halogens is 2. The van der Waals surface area contributed by atoms with Gasteiger partial charge in [0.25, 0.3) is 0 Å². The Bertz CT molecular complexity index is 967. The van der Waals surface area contributed by atoms with Gasteiger partial charge in [-0.3, -0.25) is 0 Å². The molecule has 0 aromatic carbocycles. The molecule has 0 bridgehead atoms. The van der Waals surface area contributed by atoms with Gasteiger partial charge < -0.3 is 0 Å². The van der Waals surface area contributed by atoms with Gasteiger partial charge in [0.15, 0.2) is 0 Å². The number of nitrogens with zero attached hydrogens (tertiary/aromatic N) is 4. The van der Waals surface area contributed by atoms with Crippen LogP contribution in [0.25, 0.3) is 0 Å². The van der Waals surface area contributed by atoms with Gasteiger partial charge in [-0.1, -0.05) is 23.2 Å². The van der Waals surface area contributed by atoms with Crippen molar-refractivity contribution in [2.45, 2.75) is 52.4 Å². The quantitative estimate of drug-likeness (QED) is 0.610. The Morgan fingerprint density at radius 3 is 2.04 bits per heavy atom. The third-order valence-corrected chi connectivity index (χ3v) is 5.65. The third-order valence-electron chi connectivity index (χ3n) is 5.11. The van der Waals surface area contributed by atoms with E-state index >= 15 is 0 Å². The van der Waals surface area contributed by atoms with E-state index in [1.165, 1.54) is 11.1 Å². The molecule has 26 heavy (non-hydrogen) atoms. The van der Waals surface area contributed by atoms with Crippen LogP contribution < -0.4 is 0 Å². The zero-order chi connectivity index (χ0) is 18.8. The monoisotopic (exact) mass is 384 g/mol. The molecule has 0 radical (unpaired) electrons. The Kier molecular flexibility index (Phi) is 5.47. The molecule has 132 valence electrons. The maximum Gasteiger partial charge on any atom is 0.147 e. The first-order chi connectivity index (χ1) is 12.5. The molecule has 0 aliphatic heterocycles. The molecule has 0 spiro atoms. The van der Waals surface area contributed by atoms with E-state index in [1.807, 2.05) is 13.8 Å². The lowest BCUT2D eigenvalue weighted by molar-refractivity contribution is 0.898. The highest BCUT2D eigenvalue weighted by molar-refractivity contribution is 6.31. The van der Waals surface area contributed by atoms with E-state index in [0.29, 0.717) is 21.4 Å². The number of aromatic nitrogens is 2. The van der Waals surface area contributed by atoms with Gasteiger partial charge in [0.1, 0.15) is 22.4 Å². The van der Waals surface area contributed by atoms with E-state index in [-0.39, 0.29) is 0 Å². The number of rotatable bonds is 0. The van der Waals surface area contributed by atoms with Gasteiger partial charge in [-0.15, -0.1) is 0 Å². The van der Waals surface area contributed by atoms with Crippen molar-refractivity contribution in [3.8, 4) is 12.1 Å².